The molecule has 0 radical (unpaired) electrons. The van der Waals surface area contributed by atoms with E-state index in [0.717, 1.165) is 11.3 Å². The highest BCUT2D eigenvalue weighted by Gasteiger charge is 2.36. The lowest BCUT2D eigenvalue weighted by molar-refractivity contribution is 0.660. The van der Waals surface area contributed by atoms with Crippen LogP contribution < -0.4 is 0 Å². The first-order valence-electron chi connectivity index (χ1n) is 16.7. The van der Waals surface area contributed by atoms with Gasteiger partial charge in [0.25, 0.3) is 0 Å². The normalized spacial score (nSPS) is 13.4. The van der Waals surface area contributed by atoms with Crippen molar-refractivity contribution in [2.75, 3.05) is 0 Å². The van der Waals surface area contributed by atoms with Gasteiger partial charge in [0.1, 0.15) is 5.65 Å². The molecule has 2 nitrogen and oxygen atoms in total. The second-order valence-electron chi connectivity index (χ2n) is 13.5. The summed E-state index contributed by atoms with van der Waals surface area (Å²) in [5.74, 6) is 0. The Bertz CT molecular complexity index is 2640. The Hall–Kier alpha value is -5.99. The second kappa shape index (κ2) is 10.0. The Morgan fingerprint density at radius 1 is 0.458 bits per heavy atom. The molecule has 1 aliphatic carbocycles. The Morgan fingerprint density at radius 2 is 1.00 bits per heavy atom. The molecule has 0 fully saturated rings. The number of benzene rings is 7. The summed E-state index contributed by atoms with van der Waals surface area (Å²) in [7, 11) is 0. The fourth-order valence-electron chi connectivity index (χ4n) is 8.46. The van der Waals surface area contributed by atoms with Gasteiger partial charge in [0.2, 0.25) is 0 Å². The monoisotopic (exact) mass is 612 g/mol. The Morgan fingerprint density at radius 3 is 1.69 bits per heavy atom. The van der Waals surface area contributed by atoms with E-state index in [1.807, 2.05) is 12.3 Å². The van der Waals surface area contributed by atoms with Gasteiger partial charge in [0.15, 0.2) is 0 Å². The lowest BCUT2D eigenvalue weighted by Gasteiger charge is -2.22. The largest absolute Gasteiger partial charge is 0.294 e. The van der Waals surface area contributed by atoms with Crippen LogP contribution in [0.3, 0.4) is 0 Å². The van der Waals surface area contributed by atoms with Gasteiger partial charge in [0, 0.05) is 28.1 Å². The summed E-state index contributed by atoms with van der Waals surface area (Å²) in [6, 6.07) is 55.7. The van der Waals surface area contributed by atoms with Crippen molar-refractivity contribution in [3.05, 3.63) is 169 Å². The molecule has 0 atom stereocenters. The number of pyridine rings is 1. The highest BCUT2D eigenvalue weighted by atomic mass is 15.0. The quantitative estimate of drug-likeness (QED) is 0.182. The summed E-state index contributed by atoms with van der Waals surface area (Å²) in [5.41, 5.74) is 13.6. The van der Waals surface area contributed by atoms with E-state index in [2.05, 4.69) is 164 Å². The number of hydrogen-bond donors (Lipinski definition) is 0. The van der Waals surface area contributed by atoms with E-state index in [4.69, 9.17) is 4.98 Å². The number of para-hydroxylation sites is 1. The molecule has 9 aromatic rings. The first-order chi connectivity index (χ1) is 23.6. The minimum Gasteiger partial charge on any atom is -0.294 e. The minimum atomic E-state index is -0.109. The Kier molecular flexibility index (Phi) is 5.66. The Balaban J connectivity index is 1.23. The number of hydrogen-bond acceptors (Lipinski definition) is 1. The molecular weight excluding hydrogens is 581 g/mol. The molecule has 0 N–H and O–H groups in total. The van der Waals surface area contributed by atoms with Gasteiger partial charge in [-0.15, -0.1) is 0 Å². The molecule has 2 aromatic heterocycles. The Labute approximate surface area is 279 Å². The number of nitrogens with zero attached hydrogens (tertiary/aromatic N) is 2. The number of fused-ring (bicyclic) bond motifs is 8. The van der Waals surface area contributed by atoms with Crippen molar-refractivity contribution < 1.29 is 0 Å². The maximum Gasteiger partial charge on any atom is 0.145 e. The van der Waals surface area contributed by atoms with Gasteiger partial charge in [-0.25, -0.2) is 4.98 Å². The molecule has 0 saturated carbocycles. The van der Waals surface area contributed by atoms with Crippen molar-refractivity contribution in [1.82, 2.24) is 9.55 Å². The van der Waals surface area contributed by atoms with Crippen molar-refractivity contribution >= 4 is 43.5 Å². The van der Waals surface area contributed by atoms with Crippen LogP contribution in [-0.4, -0.2) is 9.55 Å². The molecule has 7 aromatic carbocycles. The predicted molar refractivity (Wildman–Crippen MR) is 202 cm³/mol. The molecule has 2 heterocycles. The zero-order valence-corrected chi connectivity index (χ0v) is 26.9. The molecule has 0 unspecified atom stereocenters. The van der Waals surface area contributed by atoms with E-state index < -0.39 is 0 Å². The molecule has 0 amide bonds. The molecule has 1 aliphatic rings. The summed E-state index contributed by atoms with van der Waals surface area (Å²) in [5, 5.41) is 7.51. The van der Waals surface area contributed by atoms with Crippen LogP contribution in [0, 0.1) is 0 Å². The van der Waals surface area contributed by atoms with Crippen molar-refractivity contribution in [3.63, 3.8) is 0 Å². The standard InChI is InChI=1S/C46H32N2/c1-46(2)40-24-22-30(44-35-18-8-6-16-33(35)43(29-13-4-3-5-14-29)34-17-7-9-19-36(34)44)27-38(40)39-28-31(23-25-41(39)46)48-42-21-11-10-15-32(42)37-20-12-26-47-45(37)48/h3-28H,1-2H3. The van der Waals surface area contributed by atoms with Crippen LogP contribution >= 0.6 is 0 Å². The van der Waals surface area contributed by atoms with Crippen LogP contribution in [-0.2, 0) is 5.41 Å². The molecule has 226 valence electrons. The molecule has 0 saturated heterocycles. The van der Waals surface area contributed by atoms with Gasteiger partial charge < -0.3 is 0 Å². The molecule has 0 spiro atoms. The van der Waals surface area contributed by atoms with Gasteiger partial charge in [-0.1, -0.05) is 129 Å². The lowest BCUT2D eigenvalue weighted by atomic mass is 9.81. The van der Waals surface area contributed by atoms with E-state index in [1.54, 1.807) is 0 Å². The molecule has 48 heavy (non-hydrogen) atoms. The van der Waals surface area contributed by atoms with Gasteiger partial charge in [0.05, 0.1) is 5.52 Å². The SMILES string of the molecule is CC1(C)c2ccc(-c3c4ccccc4c(-c4ccccc4)c4ccccc34)cc2-c2cc(-n3c4ccccc4c4cccnc43)ccc21. The first kappa shape index (κ1) is 27.2. The van der Waals surface area contributed by atoms with Crippen LogP contribution in [0.2, 0.25) is 0 Å². The summed E-state index contributed by atoms with van der Waals surface area (Å²) >= 11 is 0. The van der Waals surface area contributed by atoms with Crippen LogP contribution in [0.5, 0.6) is 0 Å². The smallest absolute Gasteiger partial charge is 0.145 e. The van der Waals surface area contributed by atoms with Crippen molar-refractivity contribution in [3.8, 4) is 39.1 Å². The third kappa shape index (κ3) is 3.72. The molecular formula is C46H32N2. The van der Waals surface area contributed by atoms with Crippen LogP contribution in [0.1, 0.15) is 25.0 Å². The first-order valence-corrected chi connectivity index (χ1v) is 16.7. The van der Waals surface area contributed by atoms with E-state index in [1.165, 1.54) is 82.3 Å². The van der Waals surface area contributed by atoms with Gasteiger partial charge >= 0.3 is 0 Å². The van der Waals surface area contributed by atoms with Gasteiger partial charge in [-0.05, 0) is 102 Å². The molecule has 10 rings (SSSR count). The maximum atomic E-state index is 4.86. The zero-order chi connectivity index (χ0) is 32.0. The fourth-order valence-corrected chi connectivity index (χ4v) is 8.46. The van der Waals surface area contributed by atoms with E-state index >= 15 is 0 Å². The van der Waals surface area contributed by atoms with Crippen LogP contribution in [0.15, 0.2) is 158 Å². The average molecular weight is 613 g/mol. The predicted octanol–water partition coefficient (Wildman–Crippen LogP) is 12.1. The highest BCUT2D eigenvalue weighted by molar-refractivity contribution is 6.21. The molecule has 0 bridgehead atoms. The summed E-state index contributed by atoms with van der Waals surface area (Å²) in [6.45, 7) is 4.72. The maximum absolute atomic E-state index is 4.86. The topological polar surface area (TPSA) is 17.8 Å². The van der Waals surface area contributed by atoms with Crippen molar-refractivity contribution in [2.45, 2.75) is 19.3 Å². The van der Waals surface area contributed by atoms with Gasteiger partial charge in [-0.3, -0.25) is 4.57 Å². The summed E-state index contributed by atoms with van der Waals surface area (Å²) in [4.78, 5) is 4.86. The average Bonchev–Trinajstić information content (AvgIpc) is 3.59. The number of aromatic nitrogens is 2. The van der Waals surface area contributed by atoms with Gasteiger partial charge in [-0.2, -0.15) is 0 Å². The van der Waals surface area contributed by atoms with Crippen LogP contribution in [0.25, 0.3) is 82.5 Å². The van der Waals surface area contributed by atoms with Crippen molar-refractivity contribution in [2.24, 2.45) is 0 Å². The number of rotatable bonds is 3. The minimum absolute atomic E-state index is 0.109. The molecule has 2 heteroatoms. The lowest BCUT2D eigenvalue weighted by Crippen LogP contribution is -2.14. The zero-order valence-electron chi connectivity index (χ0n) is 26.9. The van der Waals surface area contributed by atoms with Crippen molar-refractivity contribution in [1.29, 1.82) is 0 Å². The van der Waals surface area contributed by atoms with E-state index in [-0.39, 0.29) is 5.41 Å². The summed E-state index contributed by atoms with van der Waals surface area (Å²) in [6.07, 6.45) is 1.90. The van der Waals surface area contributed by atoms with E-state index in [0.29, 0.717) is 0 Å². The summed E-state index contributed by atoms with van der Waals surface area (Å²) < 4.78 is 2.32. The highest BCUT2D eigenvalue weighted by Crippen LogP contribution is 2.52. The third-order valence-corrected chi connectivity index (χ3v) is 10.6. The van der Waals surface area contributed by atoms with Crippen LogP contribution in [0.4, 0.5) is 0 Å². The molecule has 0 aliphatic heterocycles. The second-order valence-corrected chi connectivity index (χ2v) is 13.5. The third-order valence-electron chi connectivity index (χ3n) is 10.6. The fraction of sp³-hybridized carbons (Fsp3) is 0.0652. The van der Waals surface area contributed by atoms with E-state index in [9.17, 15) is 0 Å².